The summed E-state index contributed by atoms with van der Waals surface area (Å²) in [6.45, 7) is 2.18. The lowest BCUT2D eigenvalue weighted by atomic mass is 9.89. The van der Waals surface area contributed by atoms with Gasteiger partial charge in [0.25, 0.3) is 5.91 Å². The fraction of sp³-hybridized carbons (Fsp3) is 0.276. The Morgan fingerprint density at radius 3 is 2.83 bits per heavy atom. The van der Waals surface area contributed by atoms with Crippen molar-refractivity contribution < 1.29 is 9.53 Å². The molecule has 4 aromatic rings. The predicted molar refractivity (Wildman–Crippen MR) is 139 cm³/mol. The van der Waals surface area contributed by atoms with E-state index in [2.05, 4.69) is 39.6 Å². The number of nitrogens with one attached hydrogen (secondary N) is 1. The Morgan fingerprint density at radius 1 is 1.09 bits per heavy atom. The van der Waals surface area contributed by atoms with Crippen LogP contribution in [0, 0.1) is 5.92 Å². The van der Waals surface area contributed by atoms with Crippen molar-refractivity contribution in [1.82, 2.24) is 14.9 Å². The van der Waals surface area contributed by atoms with Crippen molar-refractivity contribution in [2.24, 2.45) is 5.92 Å². The van der Waals surface area contributed by atoms with E-state index in [1.165, 1.54) is 10.9 Å². The van der Waals surface area contributed by atoms with Gasteiger partial charge < -0.3 is 15.0 Å². The molecule has 0 radical (unpaired) electrons. The van der Waals surface area contributed by atoms with Crippen LogP contribution in [0.15, 0.2) is 79.3 Å². The highest BCUT2D eigenvalue weighted by Gasteiger charge is 2.25. The molecule has 1 saturated heterocycles. The summed E-state index contributed by atoms with van der Waals surface area (Å²) in [5.74, 6) is 1.22. The molecule has 2 aromatic heterocycles. The minimum absolute atomic E-state index is 0.0731. The van der Waals surface area contributed by atoms with Gasteiger partial charge in [0, 0.05) is 49.2 Å². The summed E-state index contributed by atoms with van der Waals surface area (Å²) < 4.78 is 5.53. The second-order valence-corrected chi connectivity index (χ2v) is 9.07. The summed E-state index contributed by atoms with van der Waals surface area (Å²) in [5, 5.41) is 4.61. The second-order valence-electron chi connectivity index (χ2n) is 9.07. The lowest BCUT2D eigenvalue weighted by molar-refractivity contribution is 0.0673. The zero-order chi connectivity index (χ0) is 24.0. The Balaban J connectivity index is 1.29. The molecule has 35 heavy (non-hydrogen) atoms. The van der Waals surface area contributed by atoms with Crippen molar-refractivity contribution in [2.45, 2.75) is 25.8 Å². The highest BCUT2D eigenvalue weighted by atomic mass is 16.5. The van der Waals surface area contributed by atoms with Gasteiger partial charge in [-0.2, -0.15) is 0 Å². The van der Waals surface area contributed by atoms with Gasteiger partial charge in [0.1, 0.15) is 5.75 Å². The van der Waals surface area contributed by atoms with E-state index in [9.17, 15) is 4.79 Å². The van der Waals surface area contributed by atoms with Gasteiger partial charge in [-0.05, 0) is 78.8 Å². The van der Waals surface area contributed by atoms with Crippen LogP contribution < -0.4 is 10.1 Å². The summed E-state index contributed by atoms with van der Waals surface area (Å²) in [5.41, 5.74) is 4.94. The number of benzene rings is 2. The molecular formula is C29H30N4O2. The molecule has 0 spiro atoms. The Kier molecular flexibility index (Phi) is 6.89. The molecule has 6 nitrogen and oxygen atoms in total. The molecule has 1 atom stereocenters. The smallest absolute Gasteiger partial charge is 0.253 e. The molecule has 5 rings (SSSR count). The third kappa shape index (κ3) is 5.27. The first kappa shape index (κ1) is 22.8. The zero-order valence-corrected chi connectivity index (χ0v) is 20.0. The number of ether oxygens (including phenoxy) is 1. The number of anilines is 1. The van der Waals surface area contributed by atoms with Crippen molar-refractivity contribution in [1.29, 1.82) is 0 Å². The van der Waals surface area contributed by atoms with Crippen molar-refractivity contribution in [3.05, 3.63) is 95.9 Å². The summed E-state index contributed by atoms with van der Waals surface area (Å²) >= 11 is 0. The van der Waals surface area contributed by atoms with Crippen LogP contribution in [0.2, 0.25) is 0 Å². The fourth-order valence-corrected chi connectivity index (χ4v) is 4.93. The van der Waals surface area contributed by atoms with Crippen molar-refractivity contribution in [3.8, 4) is 5.75 Å². The molecule has 0 bridgehead atoms. The number of rotatable bonds is 7. The number of hydrogen-bond donors (Lipinski definition) is 1. The SMILES string of the molecule is COc1ccc(C(=O)N2CCC[C@H](Cc3cccc4ncccc34)C2)cc1NCc1ccncc1. The summed E-state index contributed by atoms with van der Waals surface area (Å²) in [6, 6.07) is 20.0. The average molecular weight is 467 g/mol. The number of carbonyl (C=O) groups excluding carboxylic acids is 1. The van der Waals surface area contributed by atoms with Crippen LogP contribution in [-0.2, 0) is 13.0 Å². The molecule has 0 unspecified atom stereocenters. The first-order valence-electron chi connectivity index (χ1n) is 12.1. The maximum Gasteiger partial charge on any atom is 0.253 e. The Labute approximate surface area is 206 Å². The molecule has 3 heterocycles. The zero-order valence-electron chi connectivity index (χ0n) is 20.0. The molecular weight excluding hydrogens is 436 g/mol. The topological polar surface area (TPSA) is 67.3 Å². The lowest BCUT2D eigenvalue weighted by Gasteiger charge is -2.33. The van der Waals surface area contributed by atoms with Crippen LogP contribution in [-0.4, -0.2) is 41.0 Å². The van der Waals surface area contributed by atoms with Crippen LogP contribution >= 0.6 is 0 Å². The molecule has 0 aliphatic carbocycles. The van der Waals surface area contributed by atoms with Gasteiger partial charge in [0.2, 0.25) is 0 Å². The number of amides is 1. The lowest BCUT2D eigenvalue weighted by Crippen LogP contribution is -2.40. The fourth-order valence-electron chi connectivity index (χ4n) is 4.93. The minimum Gasteiger partial charge on any atom is -0.495 e. The minimum atomic E-state index is 0.0731. The Morgan fingerprint density at radius 2 is 1.97 bits per heavy atom. The maximum atomic E-state index is 13.5. The molecule has 6 heteroatoms. The molecule has 178 valence electrons. The first-order valence-corrected chi connectivity index (χ1v) is 12.1. The molecule has 0 saturated carbocycles. The van der Waals surface area contributed by atoms with Gasteiger partial charge in [-0.1, -0.05) is 18.2 Å². The maximum absolute atomic E-state index is 13.5. The first-order chi connectivity index (χ1) is 17.2. The number of hydrogen-bond acceptors (Lipinski definition) is 5. The number of aromatic nitrogens is 2. The van der Waals surface area contributed by atoms with E-state index in [-0.39, 0.29) is 5.91 Å². The molecule has 1 N–H and O–H groups in total. The van der Waals surface area contributed by atoms with Crippen LogP contribution in [0.3, 0.4) is 0 Å². The number of likely N-dealkylation sites (tertiary alicyclic amines) is 1. The highest BCUT2D eigenvalue weighted by Crippen LogP contribution is 2.29. The second kappa shape index (κ2) is 10.6. The van der Waals surface area contributed by atoms with Crippen molar-refractivity contribution in [2.75, 3.05) is 25.5 Å². The number of pyridine rings is 2. The largest absolute Gasteiger partial charge is 0.495 e. The molecule has 1 aliphatic heterocycles. The number of fused-ring (bicyclic) bond motifs is 1. The Hall–Kier alpha value is -3.93. The standard InChI is InChI=1S/C29H30N4O2/c1-35-28-10-9-24(18-27(28)32-19-21-11-14-30-15-12-21)29(34)33-16-4-5-22(20-33)17-23-6-2-8-26-25(23)7-3-13-31-26/h2-3,6-15,18,22,32H,4-5,16-17,19-20H2,1H3/t22-/m1/s1. The quantitative estimate of drug-likeness (QED) is 0.398. The van der Waals surface area contributed by atoms with Gasteiger partial charge in [-0.3, -0.25) is 14.8 Å². The third-order valence-corrected chi connectivity index (χ3v) is 6.73. The summed E-state index contributed by atoms with van der Waals surface area (Å²) in [6.07, 6.45) is 8.48. The van der Waals surface area contributed by atoms with E-state index >= 15 is 0 Å². The van der Waals surface area contributed by atoms with Gasteiger partial charge in [-0.15, -0.1) is 0 Å². The Bertz CT molecular complexity index is 1300. The molecule has 2 aromatic carbocycles. The number of carbonyl (C=O) groups is 1. The van der Waals surface area contributed by atoms with Crippen molar-refractivity contribution in [3.63, 3.8) is 0 Å². The van der Waals surface area contributed by atoms with Crippen LogP contribution in [0.1, 0.15) is 34.3 Å². The molecule has 1 fully saturated rings. The van der Waals surface area contributed by atoms with E-state index < -0.39 is 0 Å². The van der Waals surface area contributed by atoms with Gasteiger partial charge in [0.15, 0.2) is 0 Å². The van der Waals surface area contributed by atoms with Gasteiger partial charge in [0.05, 0.1) is 18.3 Å². The number of piperidine rings is 1. The third-order valence-electron chi connectivity index (χ3n) is 6.73. The van der Waals surface area contributed by atoms with Crippen molar-refractivity contribution >= 4 is 22.5 Å². The average Bonchev–Trinajstić information content (AvgIpc) is 2.92. The van der Waals surface area contributed by atoms with E-state index in [1.54, 1.807) is 19.5 Å². The molecule has 1 aliphatic rings. The summed E-state index contributed by atoms with van der Waals surface area (Å²) in [4.78, 5) is 24.0. The molecule has 1 amide bonds. The van der Waals surface area contributed by atoms with E-state index in [1.807, 2.05) is 47.5 Å². The van der Waals surface area contributed by atoms with Crippen LogP contribution in [0.25, 0.3) is 10.9 Å². The predicted octanol–water partition coefficient (Wildman–Crippen LogP) is 5.35. The van der Waals surface area contributed by atoms with Gasteiger partial charge >= 0.3 is 0 Å². The normalized spacial score (nSPS) is 15.7. The van der Waals surface area contributed by atoms with Crippen LogP contribution in [0.5, 0.6) is 5.75 Å². The van der Waals surface area contributed by atoms with E-state index in [4.69, 9.17) is 4.74 Å². The summed E-state index contributed by atoms with van der Waals surface area (Å²) in [7, 11) is 1.65. The number of nitrogens with zero attached hydrogens (tertiary/aromatic N) is 3. The van der Waals surface area contributed by atoms with Crippen LogP contribution in [0.4, 0.5) is 5.69 Å². The van der Waals surface area contributed by atoms with Gasteiger partial charge in [-0.25, -0.2) is 0 Å². The number of methoxy groups -OCH3 is 1. The highest BCUT2D eigenvalue weighted by molar-refractivity contribution is 5.95. The van der Waals surface area contributed by atoms with E-state index in [0.29, 0.717) is 18.0 Å². The monoisotopic (exact) mass is 466 g/mol. The van der Waals surface area contributed by atoms with E-state index in [0.717, 1.165) is 54.9 Å².